The number of piperazine rings is 1. The summed E-state index contributed by atoms with van der Waals surface area (Å²) >= 11 is 4.89. The number of amides is 1. The van der Waals surface area contributed by atoms with Crippen LogP contribution in [0, 0.1) is 0 Å². The van der Waals surface area contributed by atoms with E-state index in [1.54, 1.807) is 11.3 Å². The first kappa shape index (κ1) is 10.9. The Kier molecular flexibility index (Phi) is 3.25. The maximum Gasteiger partial charge on any atom is 0.242 e. The van der Waals surface area contributed by atoms with Crippen LogP contribution in [0.2, 0.25) is 0 Å². The number of nitrogens with zero attached hydrogens (tertiary/aromatic N) is 2. The summed E-state index contributed by atoms with van der Waals surface area (Å²) in [6, 6.07) is -0.0724. The lowest BCUT2D eigenvalue weighted by Gasteiger charge is -2.34. The van der Waals surface area contributed by atoms with Crippen molar-refractivity contribution in [3.63, 3.8) is 0 Å². The largest absolute Gasteiger partial charge is 0.353 e. The van der Waals surface area contributed by atoms with Crippen LogP contribution >= 0.6 is 27.3 Å². The van der Waals surface area contributed by atoms with Crippen LogP contribution in [-0.4, -0.2) is 30.0 Å². The third-order valence-corrected chi connectivity index (χ3v) is 4.01. The second-order valence-electron chi connectivity index (χ2n) is 3.36. The first-order valence-corrected chi connectivity index (χ1v) is 6.55. The molecule has 2 rings (SSSR count). The Morgan fingerprint density at radius 3 is 3.20 bits per heavy atom. The zero-order valence-corrected chi connectivity index (χ0v) is 10.8. The quantitative estimate of drug-likeness (QED) is 0.900. The number of nitrogens with one attached hydrogen (secondary N) is 1. The number of halogens is 1. The Labute approximate surface area is 101 Å². The van der Waals surface area contributed by atoms with Gasteiger partial charge in [-0.05, 0) is 22.4 Å². The predicted molar refractivity (Wildman–Crippen MR) is 64.2 cm³/mol. The normalized spacial score (nSPS) is 21.6. The molecule has 0 aromatic carbocycles. The van der Waals surface area contributed by atoms with E-state index in [2.05, 4.69) is 31.1 Å². The molecule has 0 spiro atoms. The fourth-order valence-corrected chi connectivity index (χ4v) is 3.05. The molecule has 1 fully saturated rings. The first-order chi connectivity index (χ1) is 7.22. The van der Waals surface area contributed by atoms with E-state index >= 15 is 0 Å². The molecule has 1 aliphatic heterocycles. The van der Waals surface area contributed by atoms with Gasteiger partial charge in [-0.2, -0.15) is 0 Å². The van der Waals surface area contributed by atoms with Gasteiger partial charge in [0.25, 0.3) is 0 Å². The Balaban J connectivity index is 2.22. The van der Waals surface area contributed by atoms with E-state index in [0.29, 0.717) is 6.54 Å². The lowest BCUT2D eigenvalue weighted by molar-refractivity contribution is -0.123. The van der Waals surface area contributed by atoms with Gasteiger partial charge in [0, 0.05) is 18.5 Å². The summed E-state index contributed by atoms with van der Waals surface area (Å²) in [6.07, 6.45) is 0.809. The van der Waals surface area contributed by atoms with Gasteiger partial charge >= 0.3 is 0 Å². The number of carbonyl (C=O) groups is 1. The summed E-state index contributed by atoms with van der Waals surface area (Å²) in [5.74, 6) is 0.107. The molecule has 1 aliphatic rings. The highest BCUT2D eigenvalue weighted by Crippen LogP contribution is 2.26. The molecule has 4 nitrogen and oxygen atoms in total. The summed E-state index contributed by atoms with van der Waals surface area (Å²) in [7, 11) is 0. The van der Waals surface area contributed by atoms with E-state index in [1.807, 2.05) is 12.3 Å². The van der Waals surface area contributed by atoms with Crippen molar-refractivity contribution in [1.29, 1.82) is 0 Å². The molecule has 82 valence electrons. The summed E-state index contributed by atoms with van der Waals surface area (Å²) in [5, 5.41) is 5.73. The summed E-state index contributed by atoms with van der Waals surface area (Å²) in [5.41, 5.74) is 0. The maximum atomic E-state index is 11.6. The molecule has 15 heavy (non-hydrogen) atoms. The minimum atomic E-state index is -0.0724. The van der Waals surface area contributed by atoms with Crippen molar-refractivity contribution in [2.45, 2.75) is 19.4 Å². The molecule has 6 heteroatoms. The van der Waals surface area contributed by atoms with Crippen molar-refractivity contribution in [2.75, 3.05) is 18.0 Å². The average Bonchev–Trinajstić information content (AvgIpc) is 2.64. The van der Waals surface area contributed by atoms with E-state index in [1.165, 1.54) is 0 Å². The Morgan fingerprint density at radius 2 is 2.60 bits per heavy atom. The van der Waals surface area contributed by atoms with Crippen LogP contribution in [0.5, 0.6) is 0 Å². The number of thiazole rings is 1. The molecule has 1 amide bonds. The van der Waals surface area contributed by atoms with Gasteiger partial charge in [-0.25, -0.2) is 4.98 Å². The van der Waals surface area contributed by atoms with Crippen LogP contribution in [0.15, 0.2) is 9.98 Å². The van der Waals surface area contributed by atoms with Crippen molar-refractivity contribution in [2.24, 2.45) is 0 Å². The molecule has 0 saturated carbocycles. The number of anilines is 1. The fourth-order valence-electron chi connectivity index (χ4n) is 1.73. The second kappa shape index (κ2) is 4.49. The molecule has 0 aliphatic carbocycles. The highest BCUT2D eigenvalue weighted by molar-refractivity contribution is 9.10. The number of rotatable bonds is 2. The average molecular weight is 290 g/mol. The number of carbonyl (C=O) groups excluding carboxylic acids is 1. The van der Waals surface area contributed by atoms with Crippen LogP contribution < -0.4 is 10.2 Å². The van der Waals surface area contributed by atoms with E-state index < -0.39 is 0 Å². The third kappa shape index (κ3) is 2.15. The van der Waals surface area contributed by atoms with Crippen LogP contribution in [0.1, 0.15) is 13.3 Å². The Morgan fingerprint density at radius 1 is 1.80 bits per heavy atom. The number of hydrogen-bond donors (Lipinski definition) is 1. The highest BCUT2D eigenvalue weighted by Gasteiger charge is 2.29. The lowest BCUT2D eigenvalue weighted by atomic mass is 10.1. The molecule has 1 aromatic rings. The topological polar surface area (TPSA) is 45.2 Å². The van der Waals surface area contributed by atoms with Crippen molar-refractivity contribution in [1.82, 2.24) is 10.3 Å². The van der Waals surface area contributed by atoms with Crippen LogP contribution in [-0.2, 0) is 4.79 Å². The van der Waals surface area contributed by atoms with E-state index in [0.717, 1.165) is 22.7 Å². The number of aromatic nitrogens is 1. The van der Waals surface area contributed by atoms with Crippen molar-refractivity contribution < 1.29 is 4.79 Å². The second-order valence-corrected chi connectivity index (χ2v) is 5.01. The molecule has 2 heterocycles. The Bertz CT molecular complexity index is 368. The van der Waals surface area contributed by atoms with Gasteiger partial charge in [-0.15, -0.1) is 11.3 Å². The van der Waals surface area contributed by atoms with E-state index in [-0.39, 0.29) is 11.9 Å². The van der Waals surface area contributed by atoms with Crippen molar-refractivity contribution in [3.05, 3.63) is 9.98 Å². The van der Waals surface area contributed by atoms with Gasteiger partial charge in [-0.1, -0.05) is 6.92 Å². The van der Waals surface area contributed by atoms with Crippen LogP contribution in [0.4, 0.5) is 5.13 Å². The van der Waals surface area contributed by atoms with Gasteiger partial charge in [0.2, 0.25) is 5.91 Å². The van der Waals surface area contributed by atoms with Gasteiger partial charge < -0.3 is 10.2 Å². The third-order valence-electron chi connectivity index (χ3n) is 2.43. The van der Waals surface area contributed by atoms with Gasteiger partial charge in [0.05, 0.1) is 0 Å². The van der Waals surface area contributed by atoms with Gasteiger partial charge in [0.1, 0.15) is 10.6 Å². The van der Waals surface area contributed by atoms with E-state index in [9.17, 15) is 4.79 Å². The molecule has 1 aromatic heterocycles. The SMILES string of the molecule is CCC1C(=O)NCCN1c1nc(Br)cs1. The van der Waals surface area contributed by atoms with Crippen LogP contribution in [0.3, 0.4) is 0 Å². The molecule has 1 N–H and O–H groups in total. The highest BCUT2D eigenvalue weighted by atomic mass is 79.9. The zero-order valence-electron chi connectivity index (χ0n) is 8.36. The summed E-state index contributed by atoms with van der Waals surface area (Å²) in [6.45, 7) is 3.56. The molecule has 1 unspecified atom stereocenters. The zero-order chi connectivity index (χ0) is 10.8. The van der Waals surface area contributed by atoms with Crippen molar-refractivity contribution >= 4 is 38.3 Å². The predicted octanol–water partition coefficient (Wildman–Crippen LogP) is 1.62. The standard InChI is InChI=1S/C9H12BrN3OS/c1-2-6-8(14)11-3-4-13(6)9-12-7(10)5-15-9/h5-6H,2-4H2,1H3,(H,11,14). The molecular weight excluding hydrogens is 278 g/mol. The lowest BCUT2D eigenvalue weighted by Crippen LogP contribution is -2.55. The molecular formula is C9H12BrN3OS. The smallest absolute Gasteiger partial charge is 0.242 e. The minimum Gasteiger partial charge on any atom is -0.353 e. The first-order valence-electron chi connectivity index (χ1n) is 4.87. The summed E-state index contributed by atoms with van der Waals surface area (Å²) < 4.78 is 0.836. The minimum absolute atomic E-state index is 0.0724. The van der Waals surface area contributed by atoms with E-state index in [4.69, 9.17) is 0 Å². The van der Waals surface area contributed by atoms with Crippen molar-refractivity contribution in [3.8, 4) is 0 Å². The van der Waals surface area contributed by atoms with Gasteiger partial charge in [0.15, 0.2) is 5.13 Å². The molecule has 1 atom stereocenters. The fraction of sp³-hybridized carbons (Fsp3) is 0.556. The monoisotopic (exact) mass is 289 g/mol. The van der Waals surface area contributed by atoms with Crippen LogP contribution in [0.25, 0.3) is 0 Å². The van der Waals surface area contributed by atoms with Gasteiger partial charge in [-0.3, -0.25) is 4.79 Å². The maximum absolute atomic E-state index is 11.6. The summed E-state index contributed by atoms with van der Waals surface area (Å²) in [4.78, 5) is 18.1. The Hall–Kier alpha value is -0.620. The molecule has 0 bridgehead atoms. The molecule has 1 saturated heterocycles. The number of hydrogen-bond acceptors (Lipinski definition) is 4. The molecule has 0 radical (unpaired) electrons.